The Labute approximate surface area is 82.9 Å². The van der Waals surface area contributed by atoms with Crippen molar-refractivity contribution in [1.82, 2.24) is 0 Å². The minimum absolute atomic E-state index is 0.333. The number of unbranched alkanes of at least 4 members (excludes halogenated alkanes) is 3. The highest BCUT2D eigenvalue weighted by Gasteiger charge is 1.96. The molecule has 0 rings (SSSR count). The number of hydrogen-bond donors (Lipinski definition) is 1. The molecule has 0 aromatic carbocycles. The Morgan fingerprint density at radius 3 is 2.31 bits per heavy atom. The van der Waals surface area contributed by atoms with Gasteiger partial charge in [-0.3, -0.25) is 0 Å². The zero-order valence-corrected chi connectivity index (χ0v) is 9.13. The summed E-state index contributed by atoms with van der Waals surface area (Å²) in [6.45, 7) is 4.65. The number of allylic oxidation sites excluding steroid dienone is 2. The van der Waals surface area contributed by atoms with Crippen molar-refractivity contribution in [3.63, 3.8) is 0 Å². The fourth-order valence-corrected chi connectivity index (χ4v) is 1.23. The summed E-state index contributed by atoms with van der Waals surface area (Å²) in [6.07, 6.45) is 11.9. The van der Waals surface area contributed by atoms with Gasteiger partial charge in [-0.05, 0) is 31.6 Å². The molecule has 13 heavy (non-hydrogen) atoms. The molecule has 0 spiro atoms. The van der Waals surface area contributed by atoms with Crippen molar-refractivity contribution in [1.29, 1.82) is 0 Å². The first-order valence-corrected chi connectivity index (χ1v) is 5.57. The van der Waals surface area contributed by atoms with E-state index >= 15 is 0 Å². The molecule has 78 valence electrons. The van der Waals surface area contributed by atoms with Crippen molar-refractivity contribution in [3.05, 3.63) is 12.2 Å². The summed E-state index contributed by atoms with van der Waals surface area (Å²) in [4.78, 5) is 0. The Hall–Kier alpha value is -0.300. The lowest BCUT2D eigenvalue weighted by atomic mass is 10.1. The van der Waals surface area contributed by atoms with Gasteiger partial charge in [0.05, 0.1) is 0 Å². The van der Waals surface area contributed by atoms with Gasteiger partial charge in [0.25, 0.3) is 0 Å². The molecule has 0 saturated carbocycles. The second-order valence-corrected chi connectivity index (χ2v) is 3.83. The summed E-state index contributed by atoms with van der Waals surface area (Å²) in [5.41, 5.74) is 0. The quantitative estimate of drug-likeness (QED) is 0.452. The van der Waals surface area contributed by atoms with E-state index in [0.717, 1.165) is 6.42 Å². The lowest BCUT2D eigenvalue weighted by molar-refractivity contribution is 0.228. The first-order valence-electron chi connectivity index (χ1n) is 5.57. The topological polar surface area (TPSA) is 20.2 Å². The van der Waals surface area contributed by atoms with Crippen LogP contribution in [-0.4, -0.2) is 11.7 Å². The van der Waals surface area contributed by atoms with Gasteiger partial charge in [0.2, 0.25) is 0 Å². The summed E-state index contributed by atoms with van der Waals surface area (Å²) >= 11 is 0. The lowest BCUT2D eigenvalue weighted by Gasteiger charge is -2.04. The maximum absolute atomic E-state index is 8.79. The molecule has 0 amide bonds. The average Bonchev–Trinajstić information content (AvgIpc) is 2.16. The first-order chi connectivity index (χ1) is 6.31. The highest BCUT2D eigenvalue weighted by atomic mass is 16.3. The molecule has 1 atom stereocenters. The number of rotatable bonds is 8. The Bertz CT molecular complexity index is 118. The van der Waals surface area contributed by atoms with Crippen LogP contribution in [0.15, 0.2) is 12.2 Å². The standard InChI is InChI=1S/C12H24O/c1-3-4-5-6-7-8-9-10-12(2)11-13/h6-7,12-13H,3-5,8-11H2,1-2H3. The average molecular weight is 184 g/mol. The maximum Gasteiger partial charge on any atom is 0.0456 e. The van der Waals surface area contributed by atoms with Crippen molar-refractivity contribution in [2.75, 3.05) is 6.61 Å². The van der Waals surface area contributed by atoms with Gasteiger partial charge >= 0.3 is 0 Å². The van der Waals surface area contributed by atoms with Gasteiger partial charge in [-0.1, -0.05) is 38.8 Å². The van der Waals surface area contributed by atoms with E-state index in [0.29, 0.717) is 12.5 Å². The van der Waals surface area contributed by atoms with Crippen molar-refractivity contribution < 1.29 is 5.11 Å². The molecule has 0 aliphatic rings. The molecular formula is C12H24O. The Morgan fingerprint density at radius 2 is 1.77 bits per heavy atom. The van der Waals surface area contributed by atoms with E-state index in [9.17, 15) is 0 Å². The Balaban J connectivity index is 3.10. The van der Waals surface area contributed by atoms with E-state index in [1.165, 1.54) is 32.1 Å². The van der Waals surface area contributed by atoms with Crippen LogP contribution in [0.25, 0.3) is 0 Å². The number of hydrogen-bond acceptors (Lipinski definition) is 1. The van der Waals surface area contributed by atoms with E-state index < -0.39 is 0 Å². The summed E-state index contributed by atoms with van der Waals surface area (Å²) in [5, 5.41) is 8.79. The fourth-order valence-electron chi connectivity index (χ4n) is 1.23. The minimum Gasteiger partial charge on any atom is -0.396 e. The van der Waals surface area contributed by atoms with Gasteiger partial charge in [-0.25, -0.2) is 0 Å². The molecular weight excluding hydrogens is 160 g/mol. The molecule has 0 aromatic heterocycles. The van der Waals surface area contributed by atoms with Gasteiger partial charge in [0.1, 0.15) is 0 Å². The van der Waals surface area contributed by atoms with Crippen LogP contribution in [0.5, 0.6) is 0 Å². The van der Waals surface area contributed by atoms with Crippen LogP contribution in [0.4, 0.5) is 0 Å². The summed E-state index contributed by atoms with van der Waals surface area (Å²) < 4.78 is 0. The van der Waals surface area contributed by atoms with Crippen molar-refractivity contribution in [2.45, 2.75) is 52.4 Å². The molecule has 0 heterocycles. The number of aliphatic hydroxyl groups excluding tert-OH is 1. The van der Waals surface area contributed by atoms with Crippen LogP contribution in [0.2, 0.25) is 0 Å². The number of aliphatic hydroxyl groups is 1. The van der Waals surface area contributed by atoms with Gasteiger partial charge in [0.15, 0.2) is 0 Å². The molecule has 0 saturated heterocycles. The van der Waals surface area contributed by atoms with Crippen LogP contribution in [-0.2, 0) is 0 Å². The lowest BCUT2D eigenvalue weighted by Crippen LogP contribution is -1.99. The van der Waals surface area contributed by atoms with Crippen molar-refractivity contribution in [3.8, 4) is 0 Å². The van der Waals surface area contributed by atoms with E-state index in [2.05, 4.69) is 26.0 Å². The maximum atomic E-state index is 8.79. The van der Waals surface area contributed by atoms with Gasteiger partial charge in [-0.15, -0.1) is 0 Å². The molecule has 0 aromatic rings. The largest absolute Gasteiger partial charge is 0.396 e. The molecule has 0 aliphatic heterocycles. The van der Waals surface area contributed by atoms with E-state index in [1.54, 1.807) is 0 Å². The molecule has 0 bridgehead atoms. The van der Waals surface area contributed by atoms with Gasteiger partial charge in [0, 0.05) is 6.61 Å². The van der Waals surface area contributed by atoms with E-state index in [-0.39, 0.29) is 0 Å². The van der Waals surface area contributed by atoms with Gasteiger partial charge < -0.3 is 5.11 Å². The van der Waals surface area contributed by atoms with Crippen molar-refractivity contribution in [2.24, 2.45) is 5.92 Å². The second kappa shape index (κ2) is 9.79. The predicted octanol–water partition coefficient (Wildman–Crippen LogP) is 3.53. The monoisotopic (exact) mass is 184 g/mol. The van der Waals surface area contributed by atoms with Crippen molar-refractivity contribution >= 4 is 0 Å². The molecule has 0 radical (unpaired) electrons. The van der Waals surface area contributed by atoms with Crippen LogP contribution >= 0.6 is 0 Å². The van der Waals surface area contributed by atoms with Crippen LogP contribution in [0, 0.1) is 5.92 Å². The third kappa shape index (κ3) is 9.62. The summed E-state index contributed by atoms with van der Waals surface area (Å²) in [5.74, 6) is 0.476. The molecule has 0 fully saturated rings. The molecule has 1 N–H and O–H groups in total. The van der Waals surface area contributed by atoms with E-state index in [1.807, 2.05) is 0 Å². The predicted molar refractivity (Wildman–Crippen MR) is 58.8 cm³/mol. The zero-order valence-electron chi connectivity index (χ0n) is 9.13. The molecule has 0 aliphatic carbocycles. The molecule has 1 nitrogen and oxygen atoms in total. The second-order valence-electron chi connectivity index (χ2n) is 3.83. The Kier molecular flexibility index (Phi) is 9.56. The molecule has 1 unspecified atom stereocenters. The zero-order chi connectivity index (χ0) is 9.94. The molecule has 1 heteroatoms. The van der Waals surface area contributed by atoms with E-state index in [4.69, 9.17) is 5.11 Å². The third-order valence-electron chi connectivity index (χ3n) is 2.27. The normalized spacial score (nSPS) is 13.8. The van der Waals surface area contributed by atoms with Gasteiger partial charge in [-0.2, -0.15) is 0 Å². The minimum atomic E-state index is 0.333. The highest BCUT2D eigenvalue weighted by Crippen LogP contribution is 2.07. The fraction of sp³-hybridized carbons (Fsp3) is 0.833. The SMILES string of the molecule is CCCCC=CCCCC(C)CO. The Morgan fingerprint density at radius 1 is 1.15 bits per heavy atom. The summed E-state index contributed by atoms with van der Waals surface area (Å²) in [7, 11) is 0. The van der Waals surface area contributed by atoms with Crippen LogP contribution < -0.4 is 0 Å². The highest BCUT2D eigenvalue weighted by molar-refractivity contribution is 4.81. The third-order valence-corrected chi connectivity index (χ3v) is 2.27. The summed E-state index contributed by atoms with van der Waals surface area (Å²) in [6, 6.07) is 0. The van der Waals surface area contributed by atoms with Crippen LogP contribution in [0.1, 0.15) is 52.4 Å². The smallest absolute Gasteiger partial charge is 0.0456 e. The van der Waals surface area contributed by atoms with Crippen LogP contribution in [0.3, 0.4) is 0 Å². The first kappa shape index (κ1) is 12.7.